The van der Waals surface area contributed by atoms with Gasteiger partial charge in [-0.15, -0.1) is 0 Å². The Kier molecular flexibility index (Phi) is 9.29. The lowest BCUT2D eigenvalue weighted by Crippen LogP contribution is -2.43. The summed E-state index contributed by atoms with van der Waals surface area (Å²) in [7, 11) is 0. The van der Waals surface area contributed by atoms with Crippen LogP contribution >= 0.6 is 0 Å². The van der Waals surface area contributed by atoms with Crippen LogP contribution in [-0.4, -0.2) is 0 Å². The van der Waals surface area contributed by atoms with Crippen molar-refractivity contribution in [1.29, 1.82) is 0 Å². The van der Waals surface area contributed by atoms with Gasteiger partial charge in [0.1, 0.15) is 5.83 Å². The van der Waals surface area contributed by atoms with Crippen molar-refractivity contribution in [3.8, 4) is 0 Å². The first-order valence-corrected chi connectivity index (χ1v) is 12.4. The molecule has 2 aliphatic rings. The van der Waals surface area contributed by atoms with Crippen LogP contribution in [0.2, 0.25) is 0 Å². The average molecular weight is 391 g/mol. The normalized spacial score (nSPS) is 32.3. The fraction of sp³-hybridized carbons (Fsp3) is 0.852. The highest BCUT2D eigenvalue weighted by Crippen LogP contribution is 2.57. The monoisotopic (exact) mass is 390 g/mol. The summed E-state index contributed by atoms with van der Waals surface area (Å²) < 4.78 is 14.2. The Balaban J connectivity index is 2.17. The van der Waals surface area contributed by atoms with E-state index in [1.54, 1.807) is 0 Å². The predicted molar refractivity (Wildman–Crippen MR) is 122 cm³/mol. The quantitative estimate of drug-likeness (QED) is 0.326. The Morgan fingerprint density at radius 1 is 1.07 bits per heavy atom. The van der Waals surface area contributed by atoms with Crippen LogP contribution in [0.3, 0.4) is 0 Å². The molecule has 162 valence electrons. The van der Waals surface area contributed by atoms with Gasteiger partial charge in [-0.1, -0.05) is 86.1 Å². The third-order valence-corrected chi connectivity index (χ3v) is 9.12. The van der Waals surface area contributed by atoms with Gasteiger partial charge in [0.05, 0.1) is 0 Å². The van der Waals surface area contributed by atoms with Gasteiger partial charge in [-0.3, -0.25) is 0 Å². The van der Waals surface area contributed by atoms with Crippen molar-refractivity contribution in [2.75, 3.05) is 0 Å². The maximum Gasteiger partial charge on any atom is 0.118 e. The molecule has 2 fully saturated rings. The molecule has 0 heterocycles. The largest absolute Gasteiger partial charge is 0.207 e. The number of allylic oxidation sites excluding steroid dienone is 3. The second-order valence-corrected chi connectivity index (χ2v) is 10.3. The first kappa shape index (κ1) is 23.7. The molecular formula is C27H47F. The van der Waals surface area contributed by atoms with Gasteiger partial charge in [-0.25, -0.2) is 4.39 Å². The van der Waals surface area contributed by atoms with E-state index in [2.05, 4.69) is 41.2 Å². The van der Waals surface area contributed by atoms with Crippen LogP contribution in [-0.2, 0) is 0 Å². The number of rotatable bonds is 10. The van der Waals surface area contributed by atoms with Crippen molar-refractivity contribution in [3.05, 3.63) is 24.6 Å². The number of hydrogen-bond acceptors (Lipinski definition) is 0. The molecule has 0 aromatic carbocycles. The summed E-state index contributed by atoms with van der Waals surface area (Å²) in [5.74, 6) is 4.31. The van der Waals surface area contributed by atoms with E-state index in [1.807, 2.05) is 6.08 Å². The molecule has 4 unspecified atom stereocenters. The van der Waals surface area contributed by atoms with Crippen molar-refractivity contribution in [3.63, 3.8) is 0 Å². The molecule has 28 heavy (non-hydrogen) atoms. The van der Waals surface area contributed by atoms with Crippen LogP contribution in [0.15, 0.2) is 24.6 Å². The minimum atomic E-state index is -0.132. The summed E-state index contributed by atoms with van der Waals surface area (Å²) in [5.41, 5.74) is 0.220. The van der Waals surface area contributed by atoms with Crippen molar-refractivity contribution in [2.24, 2.45) is 40.9 Å². The van der Waals surface area contributed by atoms with Gasteiger partial charge < -0.3 is 0 Å². The van der Waals surface area contributed by atoms with Crippen LogP contribution in [0.25, 0.3) is 0 Å². The second-order valence-electron chi connectivity index (χ2n) is 10.3. The van der Waals surface area contributed by atoms with E-state index < -0.39 is 0 Å². The standard InChI is InChI=1S/C27H47F/c1-7-21(8-2)19-22-14-16-24(17-15-22)27(6,20(5)18-25(28)10-4)26-13-11-12-23(26)9-3/h10,18,20-24,26H,4,7-9,11-17,19H2,1-3,5-6H3/b25-18+. The maximum absolute atomic E-state index is 14.2. The minimum Gasteiger partial charge on any atom is -0.207 e. The van der Waals surface area contributed by atoms with Crippen LogP contribution < -0.4 is 0 Å². The second kappa shape index (κ2) is 11.0. The highest BCUT2D eigenvalue weighted by atomic mass is 19.1. The van der Waals surface area contributed by atoms with Gasteiger partial charge in [0.2, 0.25) is 0 Å². The molecule has 0 bridgehead atoms. The van der Waals surface area contributed by atoms with Crippen LogP contribution in [0.5, 0.6) is 0 Å². The molecule has 0 aliphatic heterocycles. The molecule has 0 saturated heterocycles. The fourth-order valence-electron chi connectivity index (χ4n) is 6.96. The molecule has 0 aromatic rings. The maximum atomic E-state index is 14.2. The predicted octanol–water partition coefficient (Wildman–Crippen LogP) is 9.13. The zero-order valence-corrected chi connectivity index (χ0v) is 19.5. The van der Waals surface area contributed by atoms with Crippen molar-refractivity contribution in [1.82, 2.24) is 0 Å². The lowest BCUT2D eigenvalue weighted by molar-refractivity contribution is -0.00472. The third-order valence-electron chi connectivity index (χ3n) is 9.12. The molecule has 2 aliphatic carbocycles. The minimum absolute atomic E-state index is 0.132. The molecule has 4 atom stereocenters. The molecule has 1 heteroatoms. The molecule has 0 amide bonds. The van der Waals surface area contributed by atoms with Crippen LogP contribution in [0, 0.1) is 40.9 Å². The molecule has 0 aromatic heterocycles. The fourth-order valence-corrected chi connectivity index (χ4v) is 6.96. The van der Waals surface area contributed by atoms with Gasteiger partial charge in [0, 0.05) is 0 Å². The summed E-state index contributed by atoms with van der Waals surface area (Å²) in [4.78, 5) is 0. The zero-order valence-electron chi connectivity index (χ0n) is 19.5. The number of hydrogen-bond donors (Lipinski definition) is 0. The summed E-state index contributed by atoms with van der Waals surface area (Å²) >= 11 is 0. The lowest BCUT2D eigenvalue weighted by Gasteiger charge is -2.50. The molecule has 2 saturated carbocycles. The highest BCUT2D eigenvalue weighted by molar-refractivity contribution is 5.13. The molecular weight excluding hydrogens is 343 g/mol. The van der Waals surface area contributed by atoms with E-state index in [9.17, 15) is 4.39 Å². The Labute approximate surface area is 175 Å². The SMILES string of the molecule is C=C/C(F)=C\C(C)C(C)(C1CCC(CC(CC)CC)CC1)C1CCCC1CC. The van der Waals surface area contributed by atoms with Crippen LogP contribution in [0.4, 0.5) is 4.39 Å². The van der Waals surface area contributed by atoms with E-state index in [1.165, 1.54) is 76.7 Å². The Morgan fingerprint density at radius 2 is 1.71 bits per heavy atom. The van der Waals surface area contributed by atoms with E-state index in [-0.39, 0.29) is 17.2 Å². The molecule has 0 spiro atoms. The van der Waals surface area contributed by atoms with E-state index in [0.717, 1.165) is 29.6 Å². The van der Waals surface area contributed by atoms with E-state index >= 15 is 0 Å². The first-order chi connectivity index (χ1) is 13.4. The smallest absolute Gasteiger partial charge is 0.118 e. The van der Waals surface area contributed by atoms with Crippen molar-refractivity contribution >= 4 is 0 Å². The molecule has 0 radical (unpaired) electrons. The summed E-state index contributed by atoms with van der Waals surface area (Å²) in [6, 6.07) is 0. The van der Waals surface area contributed by atoms with Gasteiger partial charge in [0.15, 0.2) is 0 Å². The van der Waals surface area contributed by atoms with E-state index in [4.69, 9.17) is 0 Å². The van der Waals surface area contributed by atoms with Crippen molar-refractivity contribution in [2.45, 2.75) is 105 Å². The average Bonchev–Trinajstić information content (AvgIpc) is 3.21. The Hall–Kier alpha value is -0.590. The molecule has 2 rings (SSSR count). The first-order valence-electron chi connectivity index (χ1n) is 12.4. The Bertz CT molecular complexity index is 494. The van der Waals surface area contributed by atoms with Gasteiger partial charge in [0.25, 0.3) is 0 Å². The van der Waals surface area contributed by atoms with Crippen molar-refractivity contribution < 1.29 is 4.39 Å². The summed E-state index contributed by atoms with van der Waals surface area (Å²) in [6.07, 6.45) is 18.2. The topological polar surface area (TPSA) is 0 Å². The summed E-state index contributed by atoms with van der Waals surface area (Å²) in [5, 5.41) is 0. The van der Waals surface area contributed by atoms with Crippen LogP contribution in [0.1, 0.15) is 105 Å². The van der Waals surface area contributed by atoms with Gasteiger partial charge >= 0.3 is 0 Å². The molecule has 0 nitrogen and oxygen atoms in total. The molecule has 0 N–H and O–H groups in total. The third kappa shape index (κ3) is 5.31. The number of halogens is 1. The van der Waals surface area contributed by atoms with Gasteiger partial charge in [-0.2, -0.15) is 0 Å². The highest BCUT2D eigenvalue weighted by Gasteiger charge is 2.49. The lowest BCUT2D eigenvalue weighted by atomic mass is 9.54. The van der Waals surface area contributed by atoms with Gasteiger partial charge in [-0.05, 0) is 78.8 Å². The zero-order chi connectivity index (χ0) is 20.7. The van der Waals surface area contributed by atoms with E-state index in [0.29, 0.717) is 0 Å². The Morgan fingerprint density at radius 3 is 2.25 bits per heavy atom. The summed E-state index contributed by atoms with van der Waals surface area (Å²) in [6.45, 7) is 15.5.